The average molecular weight is 248 g/mol. The molecule has 0 fully saturated rings. The third-order valence-electron chi connectivity index (χ3n) is 3.18. The van der Waals surface area contributed by atoms with Gasteiger partial charge in [0.1, 0.15) is 0 Å². The van der Waals surface area contributed by atoms with Gasteiger partial charge in [0.25, 0.3) is 0 Å². The van der Waals surface area contributed by atoms with E-state index in [1.54, 1.807) is 0 Å². The van der Waals surface area contributed by atoms with E-state index in [2.05, 4.69) is 24.5 Å². The normalized spacial score (nSPS) is 12.5. The SMILES string of the molecule is CCC(CC)N[C@@H](C)C(=O)Nc1ccc(C)cc1. The zero-order valence-corrected chi connectivity index (χ0v) is 11.8. The van der Waals surface area contributed by atoms with E-state index in [4.69, 9.17) is 0 Å². The molecule has 0 saturated heterocycles. The quantitative estimate of drug-likeness (QED) is 0.812. The Labute approximate surface area is 110 Å². The number of benzene rings is 1. The van der Waals surface area contributed by atoms with Crippen LogP contribution in [-0.2, 0) is 4.79 Å². The van der Waals surface area contributed by atoms with Crippen LogP contribution in [0.1, 0.15) is 39.2 Å². The molecule has 0 saturated carbocycles. The first-order valence-electron chi connectivity index (χ1n) is 6.70. The second-order valence-electron chi connectivity index (χ2n) is 4.76. The van der Waals surface area contributed by atoms with E-state index >= 15 is 0 Å². The van der Waals surface area contributed by atoms with Crippen LogP contribution in [0.5, 0.6) is 0 Å². The monoisotopic (exact) mass is 248 g/mol. The summed E-state index contributed by atoms with van der Waals surface area (Å²) >= 11 is 0. The molecule has 0 aromatic heterocycles. The lowest BCUT2D eigenvalue weighted by Crippen LogP contribution is -2.43. The molecule has 1 rings (SSSR count). The summed E-state index contributed by atoms with van der Waals surface area (Å²) in [5.41, 5.74) is 2.04. The summed E-state index contributed by atoms with van der Waals surface area (Å²) in [7, 11) is 0. The Morgan fingerprint density at radius 3 is 2.22 bits per heavy atom. The Balaban J connectivity index is 2.51. The Morgan fingerprint density at radius 1 is 1.17 bits per heavy atom. The fourth-order valence-electron chi connectivity index (χ4n) is 1.84. The van der Waals surface area contributed by atoms with Crippen LogP contribution < -0.4 is 10.6 Å². The van der Waals surface area contributed by atoms with Gasteiger partial charge in [-0.15, -0.1) is 0 Å². The molecule has 100 valence electrons. The highest BCUT2D eigenvalue weighted by Crippen LogP contribution is 2.09. The van der Waals surface area contributed by atoms with Crippen molar-refractivity contribution in [2.45, 2.75) is 52.6 Å². The molecule has 1 amide bonds. The lowest BCUT2D eigenvalue weighted by molar-refractivity contribution is -0.118. The maximum atomic E-state index is 12.0. The minimum absolute atomic E-state index is 0.0192. The lowest BCUT2D eigenvalue weighted by atomic mass is 10.1. The lowest BCUT2D eigenvalue weighted by Gasteiger charge is -2.20. The summed E-state index contributed by atoms with van der Waals surface area (Å²) < 4.78 is 0. The van der Waals surface area contributed by atoms with E-state index in [9.17, 15) is 4.79 Å². The summed E-state index contributed by atoms with van der Waals surface area (Å²) in [5, 5.41) is 6.26. The Hall–Kier alpha value is -1.35. The minimum Gasteiger partial charge on any atom is -0.325 e. The van der Waals surface area contributed by atoms with Crippen molar-refractivity contribution in [3.05, 3.63) is 29.8 Å². The number of aryl methyl sites for hydroxylation is 1. The molecule has 0 spiro atoms. The number of hydrogen-bond acceptors (Lipinski definition) is 2. The van der Waals surface area contributed by atoms with Crippen LogP contribution in [0.3, 0.4) is 0 Å². The van der Waals surface area contributed by atoms with Gasteiger partial charge in [0, 0.05) is 11.7 Å². The van der Waals surface area contributed by atoms with Gasteiger partial charge < -0.3 is 10.6 Å². The van der Waals surface area contributed by atoms with Crippen LogP contribution in [0.2, 0.25) is 0 Å². The van der Waals surface area contributed by atoms with Gasteiger partial charge in [-0.05, 0) is 38.8 Å². The van der Waals surface area contributed by atoms with Crippen LogP contribution in [-0.4, -0.2) is 18.0 Å². The van der Waals surface area contributed by atoms with Crippen LogP contribution in [0, 0.1) is 6.92 Å². The number of rotatable bonds is 6. The van der Waals surface area contributed by atoms with Gasteiger partial charge in [0.05, 0.1) is 6.04 Å². The largest absolute Gasteiger partial charge is 0.325 e. The zero-order valence-electron chi connectivity index (χ0n) is 11.8. The van der Waals surface area contributed by atoms with Gasteiger partial charge in [0.15, 0.2) is 0 Å². The topological polar surface area (TPSA) is 41.1 Å². The van der Waals surface area contributed by atoms with Crippen molar-refractivity contribution in [2.24, 2.45) is 0 Å². The van der Waals surface area contributed by atoms with Gasteiger partial charge in [-0.3, -0.25) is 4.79 Å². The first kappa shape index (κ1) is 14.7. The summed E-state index contributed by atoms with van der Waals surface area (Å²) in [5.74, 6) is 0.0192. The summed E-state index contributed by atoms with van der Waals surface area (Å²) in [4.78, 5) is 12.0. The van der Waals surface area contributed by atoms with Gasteiger partial charge in [-0.2, -0.15) is 0 Å². The molecular weight excluding hydrogens is 224 g/mol. The molecule has 1 aromatic carbocycles. The van der Waals surface area contributed by atoms with Crippen molar-refractivity contribution >= 4 is 11.6 Å². The number of amides is 1. The number of carbonyl (C=O) groups excluding carboxylic acids is 1. The van der Waals surface area contributed by atoms with Gasteiger partial charge in [-0.1, -0.05) is 31.5 Å². The first-order chi connectivity index (χ1) is 8.56. The third-order valence-corrected chi connectivity index (χ3v) is 3.18. The van der Waals surface area contributed by atoms with Crippen LogP contribution >= 0.6 is 0 Å². The third kappa shape index (κ3) is 4.49. The van der Waals surface area contributed by atoms with Gasteiger partial charge >= 0.3 is 0 Å². The van der Waals surface area contributed by atoms with E-state index in [1.807, 2.05) is 38.1 Å². The minimum atomic E-state index is -0.170. The summed E-state index contributed by atoms with van der Waals surface area (Å²) in [6.07, 6.45) is 2.08. The molecular formula is C15H24N2O. The van der Waals surface area contributed by atoms with Crippen LogP contribution in [0.15, 0.2) is 24.3 Å². The highest BCUT2D eigenvalue weighted by atomic mass is 16.2. The average Bonchev–Trinajstić information content (AvgIpc) is 2.38. The number of carbonyl (C=O) groups is 1. The van der Waals surface area contributed by atoms with Crippen molar-refractivity contribution in [3.63, 3.8) is 0 Å². The maximum Gasteiger partial charge on any atom is 0.241 e. The van der Waals surface area contributed by atoms with Crippen molar-refractivity contribution in [3.8, 4) is 0 Å². The molecule has 3 heteroatoms. The summed E-state index contributed by atoms with van der Waals surface area (Å²) in [6.45, 7) is 8.20. The highest BCUT2D eigenvalue weighted by Gasteiger charge is 2.15. The number of hydrogen-bond donors (Lipinski definition) is 2. The van der Waals surface area contributed by atoms with Crippen molar-refractivity contribution in [1.82, 2.24) is 5.32 Å². The Bertz CT molecular complexity index is 369. The van der Waals surface area contributed by atoms with E-state index in [0.29, 0.717) is 6.04 Å². The second kappa shape index (κ2) is 7.17. The van der Waals surface area contributed by atoms with E-state index in [-0.39, 0.29) is 11.9 Å². The molecule has 3 nitrogen and oxygen atoms in total. The van der Waals surface area contributed by atoms with Crippen molar-refractivity contribution < 1.29 is 4.79 Å². The molecule has 0 aliphatic heterocycles. The molecule has 2 N–H and O–H groups in total. The van der Waals surface area contributed by atoms with E-state index in [0.717, 1.165) is 18.5 Å². The predicted molar refractivity (Wildman–Crippen MR) is 76.8 cm³/mol. The Kier molecular flexibility index (Phi) is 5.86. The van der Waals surface area contributed by atoms with Crippen LogP contribution in [0.4, 0.5) is 5.69 Å². The molecule has 0 heterocycles. The van der Waals surface area contributed by atoms with Gasteiger partial charge in [0.2, 0.25) is 5.91 Å². The molecule has 0 unspecified atom stereocenters. The zero-order chi connectivity index (χ0) is 13.5. The predicted octanol–water partition coefficient (Wildman–Crippen LogP) is 3.10. The first-order valence-corrected chi connectivity index (χ1v) is 6.70. The number of nitrogens with one attached hydrogen (secondary N) is 2. The molecule has 1 aromatic rings. The smallest absolute Gasteiger partial charge is 0.241 e. The maximum absolute atomic E-state index is 12.0. The molecule has 0 aliphatic rings. The van der Waals surface area contributed by atoms with Crippen molar-refractivity contribution in [2.75, 3.05) is 5.32 Å². The fourth-order valence-corrected chi connectivity index (χ4v) is 1.84. The summed E-state index contributed by atoms with van der Waals surface area (Å²) in [6, 6.07) is 8.08. The standard InChI is InChI=1S/C15H24N2O/c1-5-13(6-2)16-12(4)15(18)17-14-9-7-11(3)8-10-14/h7-10,12-13,16H,5-6H2,1-4H3,(H,17,18)/t12-/m0/s1. The highest BCUT2D eigenvalue weighted by molar-refractivity contribution is 5.94. The van der Waals surface area contributed by atoms with E-state index in [1.165, 1.54) is 5.56 Å². The second-order valence-corrected chi connectivity index (χ2v) is 4.76. The van der Waals surface area contributed by atoms with Crippen molar-refractivity contribution in [1.29, 1.82) is 0 Å². The molecule has 0 bridgehead atoms. The molecule has 0 aliphatic carbocycles. The fraction of sp³-hybridized carbons (Fsp3) is 0.533. The molecule has 1 atom stereocenters. The van der Waals surface area contributed by atoms with E-state index < -0.39 is 0 Å². The Morgan fingerprint density at radius 2 is 1.72 bits per heavy atom. The van der Waals surface area contributed by atoms with Gasteiger partial charge in [-0.25, -0.2) is 0 Å². The van der Waals surface area contributed by atoms with Crippen LogP contribution in [0.25, 0.3) is 0 Å². The molecule has 18 heavy (non-hydrogen) atoms. The number of anilines is 1. The molecule has 0 radical (unpaired) electrons.